The van der Waals surface area contributed by atoms with Gasteiger partial charge in [-0.1, -0.05) is 6.07 Å². The third-order valence-electron chi connectivity index (χ3n) is 2.69. The van der Waals surface area contributed by atoms with E-state index in [1.54, 1.807) is 6.92 Å². The summed E-state index contributed by atoms with van der Waals surface area (Å²) in [5.74, 6) is -2.54. The van der Waals surface area contributed by atoms with Crippen molar-refractivity contribution in [2.45, 2.75) is 13.5 Å². The molecule has 0 atom stereocenters. The minimum atomic E-state index is -1.06. The van der Waals surface area contributed by atoms with Crippen molar-refractivity contribution in [3.63, 3.8) is 0 Å². The highest BCUT2D eigenvalue weighted by molar-refractivity contribution is 7.13. The van der Waals surface area contributed by atoms with Gasteiger partial charge in [-0.15, -0.1) is 11.3 Å². The number of thiazole rings is 1. The zero-order chi connectivity index (χ0) is 15.6. The molecule has 1 amide bonds. The Hall–Kier alpha value is -2.61. The largest absolute Gasteiger partial charge is 0.504 e. The molecule has 0 saturated carbocycles. The fraction of sp³-hybridized carbons (Fsp3) is 0.154. The van der Waals surface area contributed by atoms with Crippen molar-refractivity contribution in [2.24, 2.45) is 0 Å². The summed E-state index contributed by atoms with van der Waals surface area (Å²) in [7, 11) is 0. The third-order valence-corrected chi connectivity index (χ3v) is 3.84. The molecule has 0 spiro atoms. The molecule has 110 valence electrons. The minimum Gasteiger partial charge on any atom is -0.504 e. The van der Waals surface area contributed by atoms with Gasteiger partial charge in [-0.2, -0.15) is 0 Å². The molecule has 1 aromatic heterocycles. The molecular weight excluding hydrogens is 296 g/mol. The summed E-state index contributed by atoms with van der Waals surface area (Å²) in [6, 6.07) is 4.05. The second-order valence-corrected chi connectivity index (χ2v) is 5.27. The van der Waals surface area contributed by atoms with Crippen LogP contribution in [0.4, 0.5) is 0 Å². The smallest absolute Gasteiger partial charge is 0.347 e. The molecule has 7 nitrogen and oxygen atoms in total. The molecule has 0 saturated heterocycles. The van der Waals surface area contributed by atoms with Gasteiger partial charge in [0.05, 0.1) is 17.8 Å². The Bertz CT molecular complexity index is 711. The summed E-state index contributed by atoms with van der Waals surface area (Å²) in [5.41, 5.74) is 0.318. The number of nitrogens with one attached hydrogen (secondary N) is 1. The normalized spacial score (nSPS) is 10.3. The van der Waals surface area contributed by atoms with E-state index in [9.17, 15) is 19.8 Å². The lowest BCUT2D eigenvalue weighted by molar-refractivity contribution is 0.0701. The SMILES string of the molecule is Cc1nc(CNC(=O)c2cccc(O)c2O)sc1C(=O)O. The number of nitrogens with zero attached hydrogens (tertiary/aromatic N) is 1. The van der Waals surface area contributed by atoms with Gasteiger partial charge in [-0.05, 0) is 19.1 Å². The average Bonchev–Trinajstić information content (AvgIpc) is 2.80. The molecule has 1 aromatic carbocycles. The Kier molecular flexibility index (Phi) is 4.08. The molecule has 8 heteroatoms. The first kappa shape index (κ1) is 14.8. The van der Waals surface area contributed by atoms with E-state index >= 15 is 0 Å². The van der Waals surface area contributed by atoms with Crippen molar-refractivity contribution in [1.29, 1.82) is 0 Å². The van der Waals surface area contributed by atoms with E-state index < -0.39 is 17.6 Å². The standard InChI is InChI=1S/C13H12N2O5S/c1-6-11(13(19)20)21-9(15-6)5-14-12(18)7-3-2-4-8(16)10(7)17/h2-4,16-17H,5H2,1H3,(H,14,18)(H,19,20). The van der Waals surface area contributed by atoms with Crippen molar-refractivity contribution in [2.75, 3.05) is 0 Å². The molecule has 2 rings (SSSR count). The lowest BCUT2D eigenvalue weighted by atomic mass is 10.1. The Morgan fingerprint density at radius 1 is 1.33 bits per heavy atom. The van der Waals surface area contributed by atoms with Crippen LogP contribution < -0.4 is 5.32 Å². The highest BCUT2D eigenvalue weighted by Crippen LogP contribution is 2.28. The van der Waals surface area contributed by atoms with Crippen LogP contribution in [-0.4, -0.2) is 32.2 Å². The number of para-hydroxylation sites is 1. The first-order valence-corrected chi connectivity index (χ1v) is 6.70. The summed E-state index contributed by atoms with van der Waals surface area (Å²) >= 11 is 0.975. The number of carbonyl (C=O) groups excluding carboxylic acids is 1. The molecule has 0 aliphatic rings. The Balaban J connectivity index is 2.09. The van der Waals surface area contributed by atoms with Crippen molar-refractivity contribution in [3.8, 4) is 11.5 Å². The number of carboxylic acids is 1. The van der Waals surface area contributed by atoms with Crippen LogP contribution in [0.25, 0.3) is 0 Å². The van der Waals surface area contributed by atoms with Crippen molar-refractivity contribution >= 4 is 23.2 Å². The second-order valence-electron chi connectivity index (χ2n) is 4.18. The number of benzene rings is 1. The number of amides is 1. The first-order chi connectivity index (χ1) is 9.90. The molecule has 2 aromatic rings. The maximum Gasteiger partial charge on any atom is 0.347 e. The summed E-state index contributed by atoms with van der Waals surface area (Å²) in [4.78, 5) is 27.0. The molecular formula is C13H12N2O5S. The monoisotopic (exact) mass is 308 g/mol. The summed E-state index contributed by atoms with van der Waals surface area (Å²) in [5, 5.41) is 30.8. The van der Waals surface area contributed by atoms with Gasteiger partial charge >= 0.3 is 5.97 Å². The molecule has 0 aliphatic heterocycles. The molecule has 0 radical (unpaired) electrons. The molecule has 0 bridgehead atoms. The van der Waals surface area contributed by atoms with Crippen molar-refractivity contribution in [1.82, 2.24) is 10.3 Å². The number of phenolic OH excluding ortho intramolecular Hbond substituents is 2. The number of aromatic nitrogens is 1. The Morgan fingerprint density at radius 3 is 2.67 bits per heavy atom. The quantitative estimate of drug-likeness (QED) is 0.635. The van der Waals surface area contributed by atoms with E-state index in [1.165, 1.54) is 18.2 Å². The van der Waals surface area contributed by atoms with E-state index in [2.05, 4.69) is 10.3 Å². The number of aromatic hydroxyl groups is 2. The van der Waals surface area contributed by atoms with Crippen LogP contribution in [0.2, 0.25) is 0 Å². The van der Waals surface area contributed by atoms with Gasteiger partial charge in [-0.3, -0.25) is 4.79 Å². The molecule has 0 fully saturated rings. The average molecular weight is 308 g/mol. The van der Waals surface area contributed by atoms with Crippen LogP contribution in [0.3, 0.4) is 0 Å². The van der Waals surface area contributed by atoms with Gasteiger partial charge in [0.25, 0.3) is 5.91 Å². The third kappa shape index (κ3) is 3.11. The highest BCUT2D eigenvalue weighted by atomic mass is 32.1. The van der Waals surface area contributed by atoms with Crippen LogP contribution >= 0.6 is 11.3 Å². The number of carbonyl (C=O) groups is 2. The van der Waals surface area contributed by atoms with E-state index in [1.807, 2.05) is 0 Å². The fourth-order valence-corrected chi connectivity index (χ4v) is 2.54. The maximum absolute atomic E-state index is 11.9. The predicted octanol–water partition coefficient (Wildman–Crippen LogP) is 1.49. The maximum atomic E-state index is 11.9. The second kappa shape index (κ2) is 5.80. The van der Waals surface area contributed by atoms with Gasteiger partial charge in [-0.25, -0.2) is 9.78 Å². The van der Waals surface area contributed by atoms with Crippen LogP contribution in [0, 0.1) is 6.92 Å². The number of rotatable bonds is 4. The minimum absolute atomic E-state index is 0.0344. The zero-order valence-corrected chi connectivity index (χ0v) is 11.8. The van der Waals surface area contributed by atoms with Gasteiger partial charge in [0, 0.05) is 0 Å². The number of aromatic carboxylic acids is 1. The van der Waals surface area contributed by atoms with E-state index in [-0.39, 0.29) is 22.7 Å². The van der Waals surface area contributed by atoms with Gasteiger partial charge in [0.15, 0.2) is 11.5 Å². The molecule has 21 heavy (non-hydrogen) atoms. The number of hydrogen-bond donors (Lipinski definition) is 4. The summed E-state index contributed by atoms with van der Waals surface area (Å²) < 4.78 is 0. The summed E-state index contributed by atoms with van der Waals surface area (Å²) in [6.45, 7) is 1.61. The van der Waals surface area contributed by atoms with Gasteiger partial charge in [0.2, 0.25) is 0 Å². The fourth-order valence-electron chi connectivity index (χ4n) is 1.69. The molecule has 1 heterocycles. The van der Waals surface area contributed by atoms with E-state index in [0.717, 1.165) is 11.3 Å². The molecule has 4 N–H and O–H groups in total. The van der Waals surface area contributed by atoms with Crippen LogP contribution in [0.1, 0.15) is 30.7 Å². The number of aryl methyl sites for hydroxylation is 1. The lowest BCUT2D eigenvalue weighted by Crippen LogP contribution is -2.22. The van der Waals surface area contributed by atoms with Crippen LogP contribution in [-0.2, 0) is 6.54 Å². The Morgan fingerprint density at radius 2 is 2.05 bits per heavy atom. The topological polar surface area (TPSA) is 120 Å². The highest BCUT2D eigenvalue weighted by Gasteiger charge is 2.16. The summed E-state index contributed by atoms with van der Waals surface area (Å²) in [6.07, 6.45) is 0. The van der Waals surface area contributed by atoms with Crippen molar-refractivity contribution in [3.05, 3.63) is 39.3 Å². The number of hydrogen-bond acceptors (Lipinski definition) is 6. The first-order valence-electron chi connectivity index (χ1n) is 5.89. The zero-order valence-electron chi connectivity index (χ0n) is 11.0. The van der Waals surface area contributed by atoms with E-state index in [4.69, 9.17) is 5.11 Å². The van der Waals surface area contributed by atoms with Crippen LogP contribution in [0.15, 0.2) is 18.2 Å². The molecule has 0 unspecified atom stereocenters. The molecule has 0 aliphatic carbocycles. The van der Waals surface area contributed by atoms with Gasteiger partial charge < -0.3 is 20.6 Å². The lowest BCUT2D eigenvalue weighted by Gasteiger charge is -2.06. The predicted molar refractivity (Wildman–Crippen MR) is 74.8 cm³/mol. The number of carboxylic acid groups (broad SMARTS) is 1. The Labute approximate surface area is 123 Å². The van der Waals surface area contributed by atoms with Crippen LogP contribution in [0.5, 0.6) is 11.5 Å². The van der Waals surface area contributed by atoms with Crippen molar-refractivity contribution < 1.29 is 24.9 Å². The van der Waals surface area contributed by atoms with Gasteiger partial charge in [0.1, 0.15) is 9.88 Å². The van der Waals surface area contributed by atoms with E-state index in [0.29, 0.717) is 10.7 Å². The number of phenols is 2.